The molecule has 1 amide bonds. The minimum Gasteiger partial charge on any atom is -0.493 e. The second kappa shape index (κ2) is 11.8. The maximum atomic E-state index is 13.1. The van der Waals surface area contributed by atoms with Gasteiger partial charge in [-0.2, -0.15) is 0 Å². The lowest BCUT2D eigenvalue weighted by molar-refractivity contribution is 0.103. The lowest BCUT2D eigenvalue weighted by atomic mass is 10.2. The SMILES string of the molecule is CNc1cc(-c2ccc(Cl)cc2)sc1C(=O)Nc1ccc(OCCN(C)c2ccccc2)c(OC)c1. The molecule has 0 bridgehead atoms. The van der Waals surface area contributed by atoms with Crippen LogP contribution in [0.1, 0.15) is 9.67 Å². The average molecular weight is 522 g/mol. The van der Waals surface area contributed by atoms with Crippen LogP contribution in [0.15, 0.2) is 78.9 Å². The number of methoxy groups -OCH3 is 1. The monoisotopic (exact) mass is 521 g/mol. The molecule has 0 aliphatic carbocycles. The molecule has 186 valence electrons. The van der Waals surface area contributed by atoms with Gasteiger partial charge in [-0.05, 0) is 48.0 Å². The summed E-state index contributed by atoms with van der Waals surface area (Å²) in [6, 6.07) is 25.0. The van der Waals surface area contributed by atoms with E-state index in [0.717, 1.165) is 21.8 Å². The largest absolute Gasteiger partial charge is 0.493 e. The summed E-state index contributed by atoms with van der Waals surface area (Å²) in [4.78, 5) is 16.8. The number of hydrogen-bond acceptors (Lipinski definition) is 6. The fourth-order valence-corrected chi connectivity index (χ4v) is 4.85. The van der Waals surface area contributed by atoms with Gasteiger partial charge < -0.3 is 25.0 Å². The van der Waals surface area contributed by atoms with Crippen LogP contribution in [0.4, 0.5) is 17.1 Å². The molecule has 0 saturated carbocycles. The van der Waals surface area contributed by atoms with E-state index in [0.29, 0.717) is 40.2 Å². The molecular formula is C28H28ClN3O3S. The third-order valence-electron chi connectivity index (χ3n) is 5.64. The number of ether oxygens (including phenoxy) is 2. The van der Waals surface area contributed by atoms with Gasteiger partial charge in [0.1, 0.15) is 11.5 Å². The van der Waals surface area contributed by atoms with Crippen LogP contribution in [0.25, 0.3) is 10.4 Å². The van der Waals surface area contributed by atoms with Gasteiger partial charge >= 0.3 is 0 Å². The van der Waals surface area contributed by atoms with Crippen molar-refractivity contribution in [3.05, 3.63) is 88.8 Å². The van der Waals surface area contributed by atoms with E-state index in [1.807, 2.05) is 67.7 Å². The van der Waals surface area contributed by atoms with Crippen LogP contribution in [-0.2, 0) is 0 Å². The van der Waals surface area contributed by atoms with Crippen LogP contribution in [-0.4, -0.2) is 40.3 Å². The topological polar surface area (TPSA) is 62.8 Å². The highest BCUT2D eigenvalue weighted by atomic mass is 35.5. The van der Waals surface area contributed by atoms with Crippen molar-refractivity contribution in [3.8, 4) is 21.9 Å². The van der Waals surface area contributed by atoms with E-state index in [-0.39, 0.29) is 5.91 Å². The highest BCUT2D eigenvalue weighted by molar-refractivity contribution is 7.18. The second-order valence-electron chi connectivity index (χ2n) is 8.04. The summed E-state index contributed by atoms with van der Waals surface area (Å²) in [5, 5.41) is 6.76. The molecule has 2 N–H and O–H groups in total. The smallest absolute Gasteiger partial charge is 0.267 e. The highest BCUT2D eigenvalue weighted by Gasteiger charge is 2.18. The zero-order valence-corrected chi connectivity index (χ0v) is 22.0. The maximum Gasteiger partial charge on any atom is 0.267 e. The third-order valence-corrected chi connectivity index (χ3v) is 7.07. The summed E-state index contributed by atoms with van der Waals surface area (Å²) in [7, 11) is 5.41. The van der Waals surface area contributed by atoms with Crippen LogP contribution in [0.3, 0.4) is 0 Å². The molecule has 1 heterocycles. The molecule has 8 heteroatoms. The Labute approximate surface area is 220 Å². The Kier molecular flexibility index (Phi) is 8.36. The lowest BCUT2D eigenvalue weighted by Gasteiger charge is -2.20. The van der Waals surface area contributed by atoms with E-state index in [2.05, 4.69) is 27.7 Å². The number of benzene rings is 3. The summed E-state index contributed by atoms with van der Waals surface area (Å²) in [6.45, 7) is 1.20. The zero-order valence-electron chi connectivity index (χ0n) is 20.4. The van der Waals surface area contributed by atoms with Crippen LogP contribution < -0.4 is 25.0 Å². The van der Waals surface area contributed by atoms with Gasteiger partial charge in [0.25, 0.3) is 5.91 Å². The standard InChI is InChI=1S/C28H28ClN3O3S/c1-30-23-18-26(19-9-11-20(29)12-10-19)36-27(23)28(33)31-21-13-14-24(25(17-21)34-3)35-16-15-32(2)22-7-5-4-6-8-22/h4-14,17-18,30H,15-16H2,1-3H3,(H,31,33). The molecule has 0 spiro atoms. The number of carbonyl (C=O) groups excluding carboxylic acids is 1. The third kappa shape index (κ3) is 6.11. The Morgan fingerprint density at radius 2 is 1.75 bits per heavy atom. The van der Waals surface area contributed by atoms with Crippen molar-refractivity contribution < 1.29 is 14.3 Å². The second-order valence-corrected chi connectivity index (χ2v) is 9.52. The van der Waals surface area contributed by atoms with Crippen molar-refractivity contribution in [2.45, 2.75) is 0 Å². The number of nitrogens with one attached hydrogen (secondary N) is 2. The van der Waals surface area contributed by atoms with Crippen molar-refractivity contribution in [2.24, 2.45) is 0 Å². The number of hydrogen-bond donors (Lipinski definition) is 2. The van der Waals surface area contributed by atoms with Crippen LogP contribution in [0, 0.1) is 0 Å². The van der Waals surface area contributed by atoms with Gasteiger partial charge in [-0.15, -0.1) is 11.3 Å². The van der Waals surface area contributed by atoms with Gasteiger partial charge in [0.05, 0.1) is 19.3 Å². The maximum absolute atomic E-state index is 13.1. The molecule has 0 unspecified atom stereocenters. The number of likely N-dealkylation sites (N-methyl/N-ethyl adjacent to an activating group) is 1. The predicted octanol–water partition coefficient (Wildman–Crippen LogP) is 6.89. The fraction of sp³-hybridized carbons (Fsp3) is 0.179. The molecule has 0 atom stereocenters. The van der Waals surface area contributed by atoms with E-state index < -0.39 is 0 Å². The molecule has 0 saturated heterocycles. The Morgan fingerprint density at radius 3 is 2.44 bits per heavy atom. The first kappa shape index (κ1) is 25.4. The number of carbonyl (C=O) groups is 1. The first-order valence-electron chi connectivity index (χ1n) is 11.4. The zero-order chi connectivity index (χ0) is 25.5. The quantitative estimate of drug-likeness (QED) is 0.238. The van der Waals surface area contributed by atoms with Gasteiger partial charge in [0.2, 0.25) is 0 Å². The van der Waals surface area contributed by atoms with Crippen molar-refractivity contribution in [1.82, 2.24) is 0 Å². The first-order chi connectivity index (χ1) is 17.5. The minimum atomic E-state index is -0.204. The van der Waals surface area contributed by atoms with E-state index in [1.165, 1.54) is 11.3 Å². The Balaban J connectivity index is 1.42. The molecular weight excluding hydrogens is 494 g/mol. The summed E-state index contributed by atoms with van der Waals surface area (Å²) in [5.74, 6) is 0.968. The number of para-hydroxylation sites is 1. The fourth-order valence-electron chi connectivity index (χ4n) is 3.66. The molecule has 0 aliphatic heterocycles. The molecule has 4 rings (SSSR count). The van der Waals surface area contributed by atoms with Gasteiger partial charge in [-0.3, -0.25) is 4.79 Å². The molecule has 1 aromatic heterocycles. The van der Waals surface area contributed by atoms with Crippen LogP contribution >= 0.6 is 22.9 Å². The van der Waals surface area contributed by atoms with E-state index in [4.69, 9.17) is 21.1 Å². The van der Waals surface area contributed by atoms with E-state index in [1.54, 1.807) is 20.2 Å². The number of amides is 1. The van der Waals surface area contributed by atoms with Crippen molar-refractivity contribution in [3.63, 3.8) is 0 Å². The molecule has 3 aromatic carbocycles. The summed E-state index contributed by atoms with van der Waals surface area (Å²) in [5.41, 5.74) is 3.51. The van der Waals surface area contributed by atoms with Crippen molar-refractivity contribution in [1.29, 1.82) is 0 Å². The molecule has 0 radical (unpaired) electrons. The van der Waals surface area contributed by atoms with Crippen LogP contribution in [0.5, 0.6) is 11.5 Å². The number of anilines is 3. The average Bonchev–Trinajstić information content (AvgIpc) is 3.35. The van der Waals surface area contributed by atoms with E-state index >= 15 is 0 Å². The summed E-state index contributed by atoms with van der Waals surface area (Å²) < 4.78 is 11.5. The highest BCUT2D eigenvalue weighted by Crippen LogP contribution is 2.36. The molecule has 0 aliphatic rings. The molecule has 0 fully saturated rings. The molecule has 6 nitrogen and oxygen atoms in total. The number of thiophene rings is 1. The lowest BCUT2D eigenvalue weighted by Crippen LogP contribution is -2.23. The Bertz CT molecular complexity index is 1310. The number of halogens is 1. The van der Waals surface area contributed by atoms with Crippen molar-refractivity contribution >= 4 is 45.9 Å². The number of nitrogens with zero attached hydrogens (tertiary/aromatic N) is 1. The molecule has 36 heavy (non-hydrogen) atoms. The van der Waals surface area contributed by atoms with Crippen LogP contribution in [0.2, 0.25) is 5.02 Å². The van der Waals surface area contributed by atoms with Gasteiger partial charge in [-0.25, -0.2) is 0 Å². The van der Waals surface area contributed by atoms with Gasteiger partial charge in [-0.1, -0.05) is 41.9 Å². The normalized spacial score (nSPS) is 10.6. The van der Waals surface area contributed by atoms with Crippen molar-refractivity contribution in [2.75, 3.05) is 49.9 Å². The Hall–Kier alpha value is -3.68. The predicted molar refractivity (Wildman–Crippen MR) is 150 cm³/mol. The number of rotatable bonds is 10. The summed E-state index contributed by atoms with van der Waals surface area (Å²) in [6.07, 6.45) is 0. The Morgan fingerprint density at radius 1 is 1.00 bits per heavy atom. The van der Waals surface area contributed by atoms with Gasteiger partial charge in [0, 0.05) is 41.4 Å². The summed E-state index contributed by atoms with van der Waals surface area (Å²) >= 11 is 7.43. The van der Waals surface area contributed by atoms with Gasteiger partial charge in [0.15, 0.2) is 11.5 Å². The molecule has 4 aromatic rings. The first-order valence-corrected chi connectivity index (χ1v) is 12.6. The minimum absolute atomic E-state index is 0.204. The van der Waals surface area contributed by atoms with E-state index in [9.17, 15) is 4.79 Å².